The van der Waals surface area contributed by atoms with Gasteiger partial charge in [-0.25, -0.2) is 32.5 Å². The van der Waals surface area contributed by atoms with Crippen LogP contribution in [0.4, 0.5) is 5.95 Å². The fourth-order valence-corrected chi connectivity index (χ4v) is 7.19. The summed E-state index contributed by atoms with van der Waals surface area (Å²) in [5.74, 6) is 0.684. The minimum atomic E-state index is -4.67. The van der Waals surface area contributed by atoms with Gasteiger partial charge in [0, 0.05) is 55.7 Å². The zero-order chi connectivity index (χ0) is 30.2. The van der Waals surface area contributed by atoms with Gasteiger partial charge in [0.05, 0.1) is 11.4 Å². The number of nitrogens with zero attached hydrogens (tertiary/aromatic N) is 7. The Balaban J connectivity index is 1.25. The third-order valence-corrected chi connectivity index (χ3v) is 9.68. The van der Waals surface area contributed by atoms with Gasteiger partial charge in [-0.2, -0.15) is 9.40 Å². The van der Waals surface area contributed by atoms with Gasteiger partial charge in [-0.3, -0.25) is 9.08 Å². The SMILES string of the molecule is Cn1ccc(S(=O)(=O)N2CCC[C@@H](Nc3nccc(-c4c(-c5cccc(OCOP(=O)(O)O)c5)nc5sccn45)n3)C2)n1. The number of benzene rings is 1. The number of ether oxygens (including phenoxy) is 1. The Morgan fingerprint density at radius 3 is 2.84 bits per heavy atom. The Hall–Kier alpha value is -3.70. The predicted octanol–water partition coefficient (Wildman–Crippen LogP) is 2.96. The summed E-state index contributed by atoms with van der Waals surface area (Å²) in [7, 11) is -6.72. The Morgan fingerprint density at radius 1 is 1.19 bits per heavy atom. The van der Waals surface area contributed by atoms with Crippen LogP contribution in [0.2, 0.25) is 0 Å². The summed E-state index contributed by atoms with van der Waals surface area (Å²) >= 11 is 1.45. The third-order valence-electron chi connectivity index (χ3n) is 6.72. The number of fused-ring (bicyclic) bond motifs is 1. The van der Waals surface area contributed by atoms with E-state index in [1.54, 1.807) is 43.7 Å². The number of piperidine rings is 1. The zero-order valence-electron chi connectivity index (χ0n) is 22.7. The van der Waals surface area contributed by atoms with Gasteiger partial charge in [-0.15, -0.1) is 11.3 Å². The normalized spacial score (nSPS) is 16.5. The van der Waals surface area contributed by atoms with Gasteiger partial charge < -0.3 is 19.8 Å². The number of nitrogens with one attached hydrogen (secondary N) is 1. The number of anilines is 1. The lowest BCUT2D eigenvalue weighted by Crippen LogP contribution is -2.45. The minimum absolute atomic E-state index is 0.0192. The van der Waals surface area contributed by atoms with Crippen molar-refractivity contribution in [2.24, 2.45) is 7.05 Å². The number of hydrogen-bond donors (Lipinski definition) is 3. The number of phosphoric acid groups is 1. The van der Waals surface area contributed by atoms with Crippen molar-refractivity contribution in [3.05, 3.63) is 60.4 Å². The fraction of sp³-hybridized carbons (Fsp3) is 0.280. The van der Waals surface area contributed by atoms with E-state index in [-0.39, 0.29) is 17.6 Å². The second kappa shape index (κ2) is 11.8. The van der Waals surface area contributed by atoms with Crippen molar-refractivity contribution >= 4 is 40.1 Å². The number of thiazole rings is 1. The van der Waals surface area contributed by atoms with Crippen molar-refractivity contribution in [3.8, 4) is 28.4 Å². The molecule has 5 aromatic rings. The standard InChI is InChI=1S/C25H27N8O7PS2/c1-31-11-8-21(30-31)43(37,38)32-10-3-5-18(15-32)27-24-26-9-7-20(28-24)23-22(29-25-33(23)12-13-42-25)17-4-2-6-19(14-17)39-16-40-41(34,35)36/h2,4,6-9,11-14,18H,3,5,10,15-16H2,1H3,(H,26,27,28)(H2,34,35,36)/t18-/m1/s1. The van der Waals surface area contributed by atoms with E-state index in [1.165, 1.54) is 26.4 Å². The van der Waals surface area contributed by atoms with Crippen molar-refractivity contribution in [2.45, 2.75) is 23.9 Å². The van der Waals surface area contributed by atoms with Crippen LogP contribution in [-0.4, -0.2) is 77.6 Å². The largest absolute Gasteiger partial charge is 0.472 e. The monoisotopic (exact) mass is 646 g/mol. The van der Waals surface area contributed by atoms with E-state index in [0.29, 0.717) is 47.3 Å². The molecule has 0 bridgehead atoms. The van der Waals surface area contributed by atoms with Gasteiger partial charge >= 0.3 is 7.82 Å². The van der Waals surface area contributed by atoms with Crippen LogP contribution < -0.4 is 10.1 Å². The number of rotatable bonds is 10. The van der Waals surface area contributed by atoms with Crippen LogP contribution in [0.15, 0.2) is 65.4 Å². The molecule has 1 atom stereocenters. The first-order chi connectivity index (χ1) is 20.6. The topological polar surface area (TPSA) is 186 Å². The van der Waals surface area contributed by atoms with E-state index in [4.69, 9.17) is 24.5 Å². The average Bonchev–Trinajstić information content (AvgIpc) is 3.69. The molecule has 1 aliphatic rings. The summed E-state index contributed by atoms with van der Waals surface area (Å²) in [6.07, 6.45) is 6.53. The highest BCUT2D eigenvalue weighted by atomic mass is 32.2. The molecule has 0 aliphatic carbocycles. The molecule has 0 spiro atoms. The van der Waals surface area contributed by atoms with E-state index in [0.717, 1.165) is 11.4 Å². The Bertz CT molecular complexity index is 1920. The molecule has 4 aromatic heterocycles. The van der Waals surface area contributed by atoms with E-state index >= 15 is 0 Å². The van der Waals surface area contributed by atoms with Crippen LogP contribution in [0.5, 0.6) is 5.75 Å². The lowest BCUT2D eigenvalue weighted by molar-refractivity contribution is 0.0829. The number of aromatic nitrogens is 6. The number of imidazole rings is 1. The molecule has 43 heavy (non-hydrogen) atoms. The van der Waals surface area contributed by atoms with Crippen LogP contribution in [0, 0.1) is 0 Å². The van der Waals surface area contributed by atoms with E-state index in [2.05, 4.69) is 19.9 Å². The molecule has 1 fully saturated rings. The van der Waals surface area contributed by atoms with Gasteiger partial charge in [-0.05, 0) is 37.1 Å². The van der Waals surface area contributed by atoms with Crippen molar-refractivity contribution in [2.75, 3.05) is 25.2 Å². The first-order valence-corrected chi connectivity index (χ1v) is 16.9. The number of aryl methyl sites for hydroxylation is 1. The van der Waals surface area contributed by atoms with Crippen molar-refractivity contribution in [3.63, 3.8) is 0 Å². The Morgan fingerprint density at radius 2 is 2.05 bits per heavy atom. The molecule has 1 aromatic carbocycles. The first kappa shape index (κ1) is 29.4. The summed E-state index contributed by atoms with van der Waals surface area (Å²) in [6, 6.07) is 9.95. The Labute approximate surface area is 250 Å². The molecule has 0 saturated carbocycles. The first-order valence-electron chi connectivity index (χ1n) is 13.1. The van der Waals surface area contributed by atoms with Crippen LogP contribution in [0.3, 0.4) is 0 Å². The van der Waals surface area contributed by atoms with E-state index in [9.17, 15) is 13.0 Å². The summed E-state index contributed by atoms with van der Waals surface area (Å²) in [5, 5.41) is 9.32. The van der Waals surface area contributed by atoms with Crippen LogP contribution in [0.1, 0.15) is 12.8 Å². The summed E-state index contributed by atoms with van der Waals surface area (Å²) < 4.78 is 51.8. The van der Waals surface area contributed by atoms with Gasteiger partial charge in [0.15, 0.2) is 16.8 Å². The summed E-state index contributed by atoms with van der Waals surface area (Å²) in [4.78, 5) is 32.5. The predicted molar refractivity (Wildman–Crippen MR) is 157 cm³/mol. The van der Waals surface area contributed by atoms with Gasteiger partial charge in [0.2, 0.25) is 5.95 Å². The molecule has 3 N–H and O–H groups in total. The molecular formula is C25H27N8O7PS2. The van der Waals surface area contributed by atoms with Crippen LogP contribution in [-0.2, 0) is 26.2 Å². The molecule has 5 heterocycles. The maximum absolute atomic E-state index is 13.1. The van der Waals surface area contributed by atoms with Crippen molar-refractivity contribution in [1.82, 2.24) is 33.4 Å². The number of phosphoric ester groups is 1. The second-order valence-electron chi connectivity index (χ2n) is 9.71. The zero-order valence-corrected chi connectivity index (χ0v) is 25.2. The van der Waals surface area contributed by atoms with E-state index in [1.807, 2.05) is 22.0 Å². The Kier molecular flexibility index (Phi) is 8.04. The maximum Gasteiger partial charge on any atom is 0.472 e. The van der Waals surface area contributed by atoms with Crippen molar-refractivity contribution in [1.29, 1.82) is 0 Å². The number of hydrogen-bond acceptors (Lipinski definition) is 11. The van der Waals surface area contributed by atoms with Gasteiger partial charge in [0.1, 0.15) is 11.4 Å². The average molecular weight is 647 g/mol. The van der Waals surface area contributed by atoms with Gasteiger partial charge in [0.25, 0.3) is 10.0 Å². The smallest absolute Gasteiger partial charge is 0.467 e. The quantitative estimate of drug-likeness (QED) is 0.149. The fourth-order valence-electron chi connectivity index (χ4n) is 4.81. The molecule has 226 valence electrons. The van der Waals surface area contributed by atoms with Crippen molar-refractivity contribution < 1.29 is 32.0 Å². The lowest BCUT2D eigenvalue weighted by Gasteiger charge is -2.31. The van der Waals surface area contributed by atoms with Gasteiger partial charge in [-0.1, -0.05) is 12.1 Å². The molecule has 1 saturated heterocycles. The van der Waals surface area contributed by atoms with Crippen LogP contribution >= 0.6 is 19.2 Å². The molecule has 18 heteroatoms. The maximum atomic E-state index is 13.1. The molecule has 6 rings (SSSR count). The second-order valence-corrected chi connectivity index (χ2v) is 13.7. The lowest BCUT2D eigenvalue weighted by atomic mass is 10.1. The summed E-state index contributed by atoms with van der Waals surface area (Å²) in [5.41, 5.74) is 2.59. The highest BCUT2D eigenvalue weighted by molar-refractivity contribution is 7.89. The van der Waals surface area contributed by atoms with E-state index < -0.39 is 24.6 Å². The van der Waals surface area contributed by atoms with Crippen LogP contribution in [0.25, 0.3) is 27.6 Å². The molecule has 0 unspecified atom stereocenters. The highest BCUT2D eigenvalue weighted by Gasteiger charge is 2.32. The minimum Gasteiger partial charge on any atom is -0.467 e. The molecule has 0 amide bonds. The molecule has 1 aliphatic heterocycles. The molecular weight excluding hydrogens is 619 g/mol. The third kappa shape index (κ3) is 6.47. The summed E-state index contributed by atoms with van der Waals surface area (Å²) in [6.45, 7) is 0.0286. The molecule has 0 radical (unpaired) electrons. The number of sulfonamides is 1. The highest BCUT2D eigenvalue weighted by Crippen LogP contribution is 2.37. The molecule has 15 nitrogen and oxygen atoms in total.